The van der Waals surface area contributed by atoms with Crippen molar-refractivity contribution in [3.05, 3.63) is 89.8 Å². The smallest absolute Gasteiger partial charge is 0.230 e. The number of halogens is 2. The first-order valence-corrected chi connectivity index (χ1v) is 18.6. The van der Waals surface area contributed by atoms with Gasteiger partial charge in [0.1, 0.15) is 34.1 Å². The maximum Gasteiger partial charge on any atom is 0.230 e. The molecule has 54 heavy (non-hydrogen) atoms. The third-order valence-corrected chi connectivity index (χ3v) is 10.4. The van der Waals surface area contributed by atoms with Crippen molar-refractivity contribution in [1.29, 1.82) is 0 Å². The highest BCUT2D eigenvalue weighted by Gasteiger charge is 2.31. The van der Waals surface area contributed by atoms with Gasteiger partial charge in [-0.05, 0) is 111 Å². The molecule has 1 saturated carbocycles. The lowest BCUT2D eigenvalue weighted by Gasteiger charge is -2.39. The van der Waals surface area contributed by atoms with Crippen molar-refractivity contribution in [3.63, 3.8) is 0 Å². The number of ether oxygens (including phenoxy) is 3. The summed E-state index contributed by atoms with van der Waals surface area (Å²) in [4.78, 5) is 21.1. The molecule has 14 heteroatoms. The zero-order valence-corrected chi connectivity index (χ0v) is 31.4. The van der Waals surface area contributed by atoms with Gasteiger partial charge in [-0.1, -0.05) is 11.6 Å². The van der Waals surface area contributed by atoms with Crippen LogP contribution in [-0.2, 0) is 0 Å². The predicted molar refractivity (Wildman–Crippen MR) is 212 cm³/mol. The van der Waals surface area contributed by atoms with E-state index in [9.17, 15) is 4.39 Å². The largest absolute Gasteiger partial charge is 0.497 e. The molecular weight excluding hydrogens is 709 g/mol. The zero-order chi connectivity index (χ0) is 37.4. The van der Waals surface area contributed by atoms with Crippen molar-refractivity contribution in [3.8, 4) is 17.2 Å². The molecule has 0 atom stereocenters. The van der Waals surface area contributed by atoms with Gasteiger partial charge in [-0.2, -0.15) is 15.0 Å². The monoisotopic (exact) mass is 753 g/mol. The second-order valence-electron chi connectivity index (χ2n) is 13.6. The average molecular weight is 754 g/mol. The summed E-state index contributed by atoms with van der Waals surface area (Å²) in [6, 6.07) is 23.8. The van der Waals surface area contributed by atoms with E-state index in [-0.39, 0.29) is 11.8 Å². The lowest BCUT2D eigenvalue weighted by Crippen LogP contribution is -2.38. The maximum absolute atomic E-state index is 14.1. The lowest BCUT2D eigenvalue weighted by molar-refractivity contribution is 0.206. The summed E-state index contributed by atoms with van der Waals surface area (Å²) in [6.07, 6.45) is 6.56. The van der Waals surface area contributed by atoms with Crippen LogP contribution in [0.15, 0.2) is 78.9 Å². The van der Waals surface area contributed by atoms with Crippen molar-refractivity contribution >= 4 is 58.0 Å². The Balaban J connectivity index is 0.958. The molecule has 12 nitrogen and oxygen atoms in total. The molecule has 5 aromatic rings. The molecule has 282 valence electrons. The van der Waals surface area contributed by atoms with E-state index >= 15 is 0 Å². The summed E-state index contributed by atoms with van der Waals surface area (Å²) in [5, 5.41) is 14.0. The molecule has 0 radical (unpaired) electrons. The quantitative estimate of drug-likeness (QED) is 0.0856. The molecule has 1 aliphatic carbocycles. The molecule has 3 heterocycles. The third-order valence-electron chi connectivity index (χ3n) is 10.2. The highest BCUT2D eigenvalue weighted by atomic mass is 35.5. The molecule has 3 aromatic carbocycles. The minimum absolute atomic E-state index is 0.150. The van der Waals surface area contributed by atoms with E-state index in [0.717, 1.165) is 80.3 Å². The number of piperidine rings is 1. The summed E-state index contributed by atoms with van der Waals surface area (Å²) in [6.45, 7) is 1.85. The fourth-order valence-electron chi connectivity index (χ4n) is 7.29. The van der Waals surface area contributed by atoms with Gasteiger partial charge < -0.3 is 40.4 Å². The van der Waals surface area contributed by atoms with Crippen molar-refractivity contribution in [2.45, 2.75) is 44.6 Å². The van der Waals surface area contributed by atoms with Gasteiger partial charge in [0.05, 0.1) is 21.3 Å². The predicted octanol–water partition coefficient (Wildman–Crippen LogP) is 9.20. The Morgan fingerprint density at radius 3 is 1.80 bits per heavy atom. The number of benzene rings is 3. The Labute approximate surface area is 319 Å². The number of nitrogens with one attached hydrogen (secondary N) is 4. The van der Waals surface area contributed by atoms with Gasteiger partial charge >= 0.3 is 0 Å². The zero-order valence-electron chi connectivity index (χ0n) is 30.6. The number of hydrogen-bond donors (Lipinski definition) is 4. The van der Waals surface area contributed by atoms with Crippen LogP contribution in [0.2, 0.25) is 5.15 Å². The standard InChI is InChI=1S/C40H45ClFN9O3/c1-52-31-13-8-27(9-14-31)43-36-24-37(44-30-12-17-33(42)34(22-30)54-3)49-40(48-36)46-28-6-4-25(5-7-28)26-18-20-51(21-19-26)38-23-35(41)47-39(50-38)45-29-10-15-32(53-2)16-11-29/h8-17,22-26,28H,4-7,18-21H2,1-3H3,(H,45,47,50)(H3,43,44,46,48,49). The van der Waals surface area contributed by atoms with E-state index in [1.165, 1.54) is 13.2 Å². The van der Waals surface area contributed by atoms with Gasteiger partial charge in [-0.15, -0.1) is 0 Å². The van der Waals surface area contributed by atoms with Crippen LogP contribution >= 0.6 is 11.6 Å². The van der Waals surface area contributed by atoms with Gasteiger partial charge in [0.25, 0.3) is 0 Å². The Kier molecular flexibility index (Phi) is 11.6. The lowest BCUT2D eigenvalue weighted by atomic mass is 9.74. The van der Waals surface area contributed by atoms with Crippen LogP contribution in [-0.4, -0.2) is 60.4 Å². The van der Waals surface area contributed by atoms with E-state index in [1.807, 2.05) is 60.7 Å². The number of nitrogens with zero attached hydrogens (tertiary/aromatic N) is 5. The van der Waals surface area contributed by atoms with Crippen LogP contribution in [0.1, 0.15) is 38.5 Å². The molecule has 7 rings (SSSR count). The van der Waals surface area contributed by atoms with Gasteiger partial charge in [0.2, 0.25) is 11.9 Å². The number of anilines is 8. The first kappa shape index (κ1) is 36.8. The molecule has 0 bridgehead atoms. The van der Waals surface area contributed by atoms with Gasteiger partial charge in [-0.3, -0.25) is 0 Å². The summed E-state index contributed by atoms with van der Waals surface area (Å²) in [5.41, 5.74) is 2.36. The topological polar surface area (TPSA) is 131 Å². The highest BCUT2D eigenvalue weighted by molar-refractivity contribution is 6.29. The van der Waals surface area contributed by atoms with Crippen LogP contribution in [0, 0.1) is 17.7 Å². The van der Waals surface area contributed by atoms with Crippen molar-refractivity contribution in [2.75, 3.05) is 60.6 Å². The molecule has 1 saturated heterocycles. The molecule has 1 aliphatic heterocycles. The fraction of sp³-hybridized carbons (Fsp3) is 0.350. The number of aromatic nitrogens is 4. The normalized spacial score (nSPS) is 17.4. The van der Waals surface area contributed by atoms with E-state index in [1.54, 1.807) is 26.4 Å². The third kappa shape index (κ3) is 9.32. The van der Waals surface area contributed by atoms with Crippen LogP contribution < -0.4 is 40.4 Å². The summed E-state index contributed by atoms with van der Waals surface area (Å²) < 4.78 is 29.9. The molecular formula is C40H45ClFN9O3. The van der Waals surface area contributed by atoms with E-state index in [2.05, 4.69) is 31.2 Å². The van der Waals surface area contributed by atoms with E-state index in [0.29, 0.717) is 46.2 Å². The minimum Gasteiger partial charge on any atom is -0.497 e. The van der Waals surface area contributed by atoms with Crippen molar-refractivity contribution in [1.82, 2.24) is 19.9 Å². The van der Waals surface area contributed by atoms with Crippen molar-refractivity contribution in [2.24, 2.45) is 11.8 Å². The second-order valence-corrected chi connectivity index (χ2v) is 14.0. The Morgan fingerprint density at radius 1 is 0.611 bits per heavy atom. The van der Waals surface area contributed by atoms with Crippen LogP contribution in [0.5, 0.6) is 17.2 Å². The summed E-state index contributed by atoms with van der Waals surface area (Å²) >= 11 is 6.44. The first-order valence-electron chi connectivity index (χ1n) is 18.2. The van der Waals surface area contributed by atoms with Crippen LogP contribution in [0.25, 0.3) is 0 Å². The van der Waals surface area contributed by atoms with Gasteiger partial charge in [-0.25, -0.2) is 9.37 Å². The van der Waals surface area contributed by atoms with Crippen molar-refractivity contribution < 1.29 is 18.6 Å². The summed E-state index contributed by atoms with van der Waals surface area (Å²) in [5.74, 6) is 5.61. The van der Waals surface area contributed by atoms with E-state index < -0.39 is 5.82 Å². The van der Waals surface area contributed by atoms with Gasteiger partial charge in [0, 0.05) is 54.4 Å². The highest BCUT2D eigenvalue weighted by Crippen LogP contribution is 2.38. The Hall–Kier alpha value is -5.56. The van der Waals surface area contributed by atoms with Crippen LogP contribution in [0.4, 0.5) is 50.8 Å². The first-order chi connectivity index (χ1) is 26.3. The second kappa shape index (κ2) is 17.1. The fourth-order valence-corrected chi connectivity index (χ4v) is 7.47. The molecule has 0 spiro atoms. The molecule has 2 aromatic heterocycles. The Bertz CT molecular complexity index is 2010. The molecule has 0 unspecified atom stereocenters. The molecule has 2 aliphatic rings. The Morgan fingerprint density at radius 2 is 1.19 bits per heavy atom. The van der Waals surface area contributed by atoms with Crippen LogP contribution in [0.3, 0.4) is 0 Å². The molecule has 4 N–H and O–H groups in total. The number of methoxy groups -OCH3 is 3. The molecule has 0 amide bonds. The molecule has 2 fully saturated rings. The van der Waals surface area contributed by atoms with Gasteiger partial charge in [0.15, 0.2) is 11.6 Å². The maximum atomic E-state index is 14.1. The summed E-state index contributed by atoms with van der Waals surface area (Å²) in [7, 11) is 4.73. The van der Waals surface area contributed by atoms with E-state index in [4.69, 9.17) is 40.8 Å². The number of hydrogen-bond acceptors (Lipinski definition) is 12. The minimum atomic E-state index is -0.431. The SMILES string of the molecule is COc1ccc(Nc2cc(Nc3ccc(F)c(OC)c3)nc(NC3CCC(C4CCN(c5cc(Cl)nc(Nc6ccc(OC)cc6)n5)CC4)CC3)n2)cc1. The number of rotatable bonds is 13. The average Bonchev–Trinajstić information content (AvgIpc) is 3.19.